The Morgan fingerprint density at radius 2 is 1.20 bits per heavy atom. The molecular formula is C35H40N2O2S. The van der Waals surface area contributed by atoms with E-state index < -0.39 is 15.1 Å². The number of fused-ring (bicyclic) bond motifs is 1. The Hall–Kier alpha value is -3.83. The first kappa shape index (κ1) is 29.2. The molecule has 0 heterocycles. The lowest BCUT2D eigenvalue weighted by Gasteiger charge is -2.22. The minimum absolute atomic E-state index is 0.324. The lowest BCUT2D eigenvalue weighted by Crippen LogP contribution is -2.21. The Balaban J connectivity index is 1.65. The third kappa shape index (κ3) is 6.65. The summed E-state index contributed by atoms with van der Waals surface area (Å²) in [7, 11) is -3.70. The molecule has 0 amide bonds. The van der Waals surface area contributed by atoms with Crippen LogP contribution in [0.25, 0.3) is 16.8 Å². The number of allylic oxidation sites excluding steroid dienone is 2. The van der Waals surface area contributed by atoms with E-state index in [4.69, 9.17) is 0 Å². The number of nitrogens with zero attached hydrogens (tertiary/aromatic N) is 2. The molecule has 4 rings (SSSR count). The molecule has 208 valence electrons. The molecule has 4 nitrogen and oxygen atoms in total. The molecule has 4 aromatic carbocycles. The number of rotatable bonds is 12. The molecular weight excluding hydrogens is 512 g/mol. The highest BCUT2D eigenvalue weighted by Gasteiger charge is 2.27. The van der Waals surface area contributed by atoms with E-state index in [-0.39, 0.29) is 0 Å². The van der Waals surface area contributed by atoms with E-state index in [1.54, 1.807) is 18.2 Å². The lowest BCUT2D eigenvalue weighted by atomic mass is 10.1. The average molecular weight is 553 g/mol. The number of hydrogen-bond donors (Lipinski definition) is 0. The zero-order chi connectivity index (χ0) is 28.5. The van der Waals surface area contributed by atoms with Crippen molar-refractivity contribution in [3.8, 4) is 0 Å². The summed E-state index contributed by atoms with van der Waals surface area (Å²) in [4.78, 5) is 4.88. The van der Waals surface area contributed by atoms with Gasteiger partial charge in [0.2, 0.25) is 0 Å². The number of anilines is 2. The molecule has 0 saturated heterocycles. The highest BCUT2D eigenvalue weighted by molar-refractivity contribution is 7.91. The third-order valence-corrected chi connectivity index (χ3v) is 9.45. The van der Waals surface area contributed by atoms with Crippen molar-refractivity contribution in [3.05, 3.63) is 120 Å². The molecule has 0 spiro atoms. The van der Waals surface area contributed by atoms with Gasteiger partial charge in [-0.2, -0.15) is 0 Å². The van der Waals surface area contributed by atoms with E-state index in [2.05, 4.69) is 61.8 Å². The van der Waals surface area contributed by atoms with Gasteiger partial charge in [0.25, 0.3) is 0 Å². The van der Waals surface area contributed by atoms with Gasteiger partial charge in [0.15, 0.2) is 9.84 Å². The summed E-state index contributed by atoms with van der Waals surface area (Å²) in [5.74, 6) is 0. The largest absolute Gasteiger partial charge is 0.372 e. The second-order valence-corrected chi connectivity index (χ2v) is 11.8. The molecule has 40 heavy (non-hydrogen) atoms. The highest BCUT2D eigenvalue weighted by atomic mass is 32.2. The predicted molar refractivity (Wildman–Crippen MR) is 172 cm³/mol. The van der Waals surface area contributed by atoms with Crippen molar-refractivity contribution in [3.63, 3.8) is 0 Å². The zero-order valence-corrected chi connectivity index (χ0v) is 24.8. The smallest absolute Gasteiger partial charge is 0.188 e. The molecule has 1 atom stereocenters. The van der Waals surface area contributed by atoms with Crippen LogP contribution in [-0.4, -0.2) is 34.6 Å². The van der Waals surface area contributed by atoms with Gasteiger partial charge < -0.3 is 9.80 Å². The van der Waals surface area contributed by atoms with Crippen molar-refractivity contribution in [1.29, 1.82) is 0 Å². The normalized spacial score (nSPS) is 12.8. The Kier molecular flexibility index (Phi) is 9.84. The summed E-state index contributed by atoms with van der Waals surface area (Å²) in [6, 6.07) is 29.6. The van der Waals surface area contributed by atoms with Gasteiger partial charge >= 0.3 is 0 Å². The summed E-state index contributed by atoms with van der Waals surface area (Å²) in [5, 5.41) is 1.12. The second kappa shape index (κ2) is 13.5. The molecule has 5 heteroatoms. The molecule has 0 saturated carbocycles. The topological polar surface area (TPSA) is 40.6 Å². The van der Waals surface area contributed by atoms with Crippen LogP contribution in [0.1, 0.15) is 44.1 Å². The molecule has 0 aliphatic heterocycles. The van der Waals surface area contributed by atoms with Crippen LogP contribution in [-0.2, 0) is 9.84 Å². The fraction of sp³-hybridized carbons (Fsp3) is 0.257. The fourth-order valence-electron chi connectivity index (χ4n) is 5.07. The first-order valence-electron chi connectivity index (χ1n) is 14.2. The summed E-state index contributed by atoms with van der Waals surface area (Å²) in [5.41, 5.74) is 4.11. The minimum Gasteiger partial charge on any atom is -0.372 e. The standard InChI is InChI=1S/C35H40N2O2S/c1-5-36(6-2)32-22-17-28(18-23-32)13-9-12-16-35(30-19-24-33(25-20-30)37(7-3)8-4)40(38,39)34-26-21-29-14-10-11-15-31(29)27-34/h9-27,35H,5-8H2,1-4H3. The van der Waals surface area contributed by atoms with Gasteiger partial charge in [0.1, 0.15) is 5.25 Å². The Morgan fingerprint density at radius 1 is 0.650 bits per heavy atom. The van der Waals surface area contributed by atoms with Crippen LogP contribution < -0.4 is 9.80 Å². The van der Waals surface area contributed by atoms with Crippen LogP contribution in [0.15, 0.2) is 114 Å². The minimum atomic E-state index is -3.70. The average Bonchev–Trinajstić information content (AvgIpc) is 2.99. The Labute approximate surface area is 240 Å². The summed E-state index contributed by atoms with van der Waals surface area (Å²) < 4.78 is 28.1. The van der Waals surface area contributed by atoms with Crippen molar-refractivity contribution >= 4 is 38.1 Å². The molecule has 1 unspecified atom stereocenters. The summed E-state index contributed by atoms with van der Waals surface area (Å²) >= 11 is 0. The van der Waals surface area contributed by atoms with E-state index in [0.29, 0.717) is 4.90 Å². The van der Waals surface area contributed by atoms with Crippen molar-refractivity contribution in [2.45, 2.75) is 37.8 Å². The maximum absolute atomic E-state index is 14.0. The van der Waals surface area contributed by atoms with Crippen molar-refractivity contribution in [2.24, 2.45) is 0 Å². The lowest BCUT2D eigenvalue weighted by molar-refractivity contribution is 0.590. The van der Waals surface area contributed by atoms with Crippen LogP contribution in [0.2, 0.25) is 0 Å². The van der Waals surface area contributed by atoms with E-state index in [0.717, 1.165) is 53.8 Å². The highest BCUT2D eigenvalue weighted by Crippen LogP contribution is 2.33. The van der Waals surface area contributed by atoms with Gasteiger partial charge in [-0.25, -0.2) is 8.42 Å². The maximum Gasteiger partial charge on any atom is 0.188 e. The quantitative estimate of drug-likeness (QED) is 0.166. The summed E-state index contributed by atoms with van der Waals surface area (Å²) in [6.07, 6.45) is 7.56. The first-order chi connectivity index (χ1) is 19.4. The van der Waals surface area contributed by atoms with Gasteiger partial charge in [-0.05, 0) is 86.0 Å². The molecule has 0 aliphatic rings. The van der Waals surface area contributed by atoms with Crippen LogP contribution in [0, 0.1) is 0 Å². The van der Waals surface area contributed by atoms with Crippen LogP contribution >= 0.6 is 0 Å². The van der Waals surface area contributed by atoms with Gasteiger partial charge in [-0.15, -0.1) is 0 Å². The Bertz CT molecular complexity index is 1550. The number of hydrogen-bond acceptors (Lipinski definition) is 4. The van der Waals surface area contributed by atoms with Gasteiger partial charge in [-0.1, -0.05) is 78.9 Å². The van der Waals surface area contributed by atoms with Crippen LogP contribution in [0.5, 0.6) is 0 Å². The van der Waals surface area contributed by atoms with E-state index in [9.17, 15) is 8.42 Å². The molecule has 0 fully saturated rings. The van der Waals surface area contributed by atoms with Gasteiger partial charge in [0.05, 0.1) is 4.90 Å². The predicted octanol–water partition coefficient (Wildman–Crippen LogP) is 8.32. The Morgan fingerprint density at radius 3 is 1.77 bits per heavy atom. The SMILES string of the molecule is CCN(CC)c1ccc(C=CC=CC(c2ccc(N(CC)CC)cc2)S(=O)(=O)c2ccc3ccccc3c2)cc1. The summed E-state index contributed by atoms with van der Waals surface area (Å²) in [6.45, 7) is 12.3. The fourth-order valence-corrected chi connectivity index (χ4v) is 6.72. The molecule has 0 aliphatic carbocycles. The zero-order valence-electron chi connectivity index (χ0n) is 24.0. The third-order valence-electron chi connectivity index (χ3n) is 7.44. The first-order valence-corrected chi connectivity index (χ1v) is 15.7. The van der Waals surface area contributed by atoms with E-state index in [1.807, 2.05) is 72.8 Å². The number of benzene rings is 4. The molecule has 0 bridgehead atoms. The molecule has 0 aromatic heterocycles. The van der Waals surface area contributed by atoms with Crippen molar-refractivity contribution in [2.75, 3.05) is 36.0 Å². The van der Waals surface area contributed by atoms with Crippen molar-refractivity contribution < 1.29 is 8.42 Å². The monoisotopic (exact) mass is 552 g/mol. The van der Waals surface area contributed by atoms with E-state index in [1.165, 1.54) is 5.69 Å². The second-order valence-electron chi connectivity index (χ2n) is 9.75. The molecule has 4 aromatic rings. The molecule has 0 radical (unpaired) electrons. The van der Waals surface area contributed by atoms with Crippen LogP contribution in [0.4, 0.5) is 11.4 Å². The van der Waals surface area contributed by atoms with Gasteiger partial charge in [0, 0.05) is 37.6 Å². The van der Waals surface area contributed by atoms with Crippen LogP contribution in [0.3, 0.4) is 0 Å². The maximum atomic E-state index is 14.0. The van der Waals surface area contributed by atoms with E-state index >= 15 is 0 Å². The number of sulfone groups is 1. The van der Waals surface area contributed by atoms with Crippen molar-refractivity contribution in [1.82, 2.24) is 0 Å². The molecule has 0 N–H and O–H groups in total. The van der Waals surface area contributed by atoms with Gasteiger partial charge in [-0.3, -0.25) is 0 Å².